The molecule has 108 valence electrons. The smallest absolute Gasteiger partial charge is 0.208 e. The van der Waals surface area contributed by atoms with Crippen molar-refractivity contribution in [2.45, 2.75) is 42.5 Å². The molecule has 0 spiro atoms. The summed E-state index contributed by atoms with van der Waals surface area (Å²) in [6.45, 7) is 0. The van der Waals surface area contributed by atoms with Gasteiger partial charge in [-0.1, -0.05) is 36.7 Å². The van der Waals surface area contributed by atoms with E-state index in [4.69, 9.17) is 4.42 Å². The number of benzene rings is 1. The topological polar surface area (TPSA) is 67.6 Å². The van der Waals surface area contributed by atoms with Gasteiger partial charge in [0.2, 0.25) is 11.0 Å². The highest BCUT2D eigenvalue weighted by atomic mass is 32.2. The van der Waals surface area contributed by atoms with E-state index in [1.807, 2.05) is 24.3 Å². The molecule has 1 aliphatic rings. The lowest BCUT2D eigenvalue weighted by Crippen LogP contribution is -1.94. The maximum absolute atomic E-state index is 5.70. The second-order valence-electron chi connectivity index (χ2n) is 5.35. The molecule has 1 saturated carbocycles. The largest absolute Gasteiger partial charge is 0.440 e. The Labute approximate surface area is 126 Å². The molecule has 1 fully saturated rings. The summed E-state index contributed by atoms with van der Waals surface area (Å²) < 4.78 is 5.70. The van der Waals surface area contributed by atoms with E-state index in [1.165, 1.54) is 25.7 Å². The second-order valence-corrected chi connectivity index (χ2v) is 6.29. The molecular formula is C15H16N4OS. The number of aromatic amines is 1. The lowest BCUT2D eigenvalue weighted by atomic mass is 10.1. The van der Waals surface area contributed by atoms with Gasteiger partial charge in [-0.2, -0.15) is 0 Å². The van der Waals surface area contributed by atoms with Crippen molar-refractivity contribution in [3.63, 3.8) is 0 Å². The molecule has 3 aromatic rings. The third-order valence-corrected chi connectivity index (χ3v) is 4.72. The summed E-state index contributed by atoms with van der Waals surface area (Å²) in [5, 5.41) is 8.14. The standard InChI is InChI=1S/C15H16N4OS/c1-2-6-10(5-1)14-17-15(19-18-14)21-9-13-16-11-7-3-4-8-12(11)20-13/h3-4,7-8,10H,1-2,5-6,9H2,(H,17,18,19). The summed E-state index contributed by atoms with van der Waals surface area (Å²) in [6.07, 6.45) is 5.06. The van der Waals surface area contributed by atoms with Gasteiger partial charge in [-0.05, 0) is 25.0 Å². The molecule has 4 rings (SSSR count). The average molecular weight is 300 g/mol. The molecule has 0 atom stereocenters. The van der Waals surface area contributed by atoms with Crippen molar-refractivity contribution in [1.29, 1.82) is 0 Å². The van der Waals surface area contributed by atoms with Crippen molar-refractivity contribution >= 4 is 22.9 Å². The van der Waals surface area contributed by atoms with Crippen LogP contribution in [0.2, 0.25) is 0 Å². The predicted molar refractivity (Wildman–Crippen MR) is 81.2 cm³/mol. The molecule has 0 radical (unpaired) electrons. The van der Waals surface area contributed by atoms with Crippen LogP contribution in [-0.2, 0) is 5.75 Å². The van der Waals surface area contributed by atoms with Gasteiger partial charge in [-0.3, -0.25) is 5.10 Å². The third kappa shape index (κ3) is 2.68. The minimum absolute atomic E-state index is 0.566. The number of fused-ring (bicyclic) bond motifs is 1. The van der Waals surface area contributed by atoms with E-state index < -0.39 is 0 Å². The summed E-state index contributed by atoms with van der Waals surface area (Å²) in [4.78, 5) is 9.05. The van der Waals surface area contributed by atoms with Crippen LogP contribution in [0.4, 0.5) is 0 Å². The highest BCUT2D eigenvalue weighted by Crippen LogP contribution is 2.33. The van der Waals surface area contributed by atoms with Crippen LogP contribution < -0.4 is 0 Å². The molecule has 2 heterocycles. The SMILES string of the molecule is c1ccc2oc(CSc3n[nH]c(C4CCCC4)n3)nc2c1. The molecule has 0 unspecified atom stereocenters. The summed E-state index contributed by atoms with van der Waals surface area (Å²) in [5.74, 6) is 2.97. The molecule has 1 aromatic carbocycles. The summed E-state index contributed by atoms with van der Waals surface area (Å²) in [5.41, 5.74) is 1.73. The number of para-hydroxylation sites is 2. The van der Waals surface area contributed by atoms with Gasteiger partial charge in [-0.25, -0.2) is 9.97 Å². The van der Waals surface area contributed by atoms with Crippen LogP contribution in [0.1, 0.15) is 43.3 Å². The minimum atomic E-state index is 0.566. The molecule has 2 aromatic heterocycles. The van der Waals surface area contributed by atoms with Crippen LogP contribution in [0, 0.1) is 0 Å². The number of nitrogens with zero attached hydrogens (tertiary/aromatic N) is 3. The number of rotatable bonds is 4. The Kier molecular flexibility index (Phi) is 3.39. The number of thioether (sulfide) groups is 1. The van der Waals surface area contributed by atoms with E-state index in [-0.39, 0.29) is 0 Å². The maximum Gasteiger partial charge on any atom is 0.208 e. The number of oxazole rings is 1. The molecule has 5 nitrogen and oxygen atoms in total. The molecule has 6 heteroatoms. The van der Waals surface area contributed by atoms with Crippen molar-refractivity contribution in [3.8, 4) is 0 Å². The van der Waals surface area contributed by atoms with Crippen LogP contribution >= 0.6 is 11.8 Å². The second kappa shape index (κ2) is 5.52. The number of aromatic nitrogens is 4. The van der Waals surface area contributed by atoms with Gasteiger partial charge < -0.3 is 4.42 Å². The van der Waals surface area contributed by atoms with Crippen LogP contribution in [0.3, 0.4) is 0 Å². The molecule has 0 saturated heterocycles. The summed E-state index contributed by atoms with van der Waals surface area (Å²) >= 11 is 1.56. The quantitative estimate of drug-likeness (QED) is 0.740. The molecule has 0 amide bonds. The zero-order valence-electron chi connectivity index (χ0n) is 11.6. The Hall–Kier alpha value is -1.82. The highest BCUT2D eigenvalue weighted by Gasteiger charge is 2.20. The fourth-order valence-electron chi connectivity index (χ4n) is 2.81. The van der Waals surface area contributed by atoms with Crippen LogP contribution in [0.15, 0.2) is 33.8 Å². The Balaban J connectivity index is 1.44. The van der Waals surface area contributed by atoms with E-state index in [1.54, 1.807) is 11.8 Å². The van der Waals surface area contributed by atoms with E-state index >= 15 is 0 Å². The number of hydrogen-bond donors (Lipinski definition) is 1. The van der Waals surface area contributed by atoms with Crippen LogP contribution in [-0.4, -0.2) is 20.2 Å². The van der Waals surface area contributed by atoms with Gasteiger partial charge in [0.05, 0.1) is 5.75 Å². The number of hydrogen-bond acceptors (Lipinski definition) is 5. The Bertz CT molecular complexity index is 712. The van der Waals surface area contributed by atoms with Gasteiger partial charge in [0.1, 0.15) is 11.3 Å². The minimum Gasteiger partial charge on any atom is -0.440 e. The van der Waals surface area contributed by atoms with Crippen molar-refractivity contribution in [1.82, 2.24) is 20.2 Å². The Morgan fingerprint density at radius 3 is 2.90 bits per heavy atom. The Morgan fingerprint density at radius 2 is 2.05 bits per heavy atom. The lowest BCUT2D eigenvalue weighted by Gasteiger charge is -2.01. The summed E-state index contributed by atoms with van der Waals surface area (Å²) in [6, 6.07) is 7.80. The first-order chi connectivity index (χ1) is 10.4. The van der Waals surface area contributed by atoms with E-state index in [2.05, 4.69) is 20.2 Å². The van der Waals surface area contributed by atoms with Gasteiger partial charge in [0.25, 0.3) is 0 Å². The van der Waals surface area contributed by atoms with Gasteiger partial charge in [0, 0.05) is 5.92 Å². The van der Waals surface area contributed by atoms with E-state index in [0.717, 1.165) is 22.1 Å². The number of H-pyrrole nitrogens is 1. The van der Waals surface area contributed by atoms with Crippen molar-refractivity contribution in [3.05, 3.63) is 36.0 Å². The summed E-state index contributed by atoms with van der Waals surface area (Å²) in [7, 11) is 0. The van der Waals surface area contributed by atoms with Gasteiger partial charge >= 0.3 is 0 Å². The van der Waals surface area contributed by atoms with E-state index in [0.29, 0.717) is 17.6 Å². The van der Waals surface area contributed by atoms with E-state index in [9.17, 15) is 0 Å². The monoisotopic (exact) mass is 300 g/mol. The van der Waals surface area contributed by atoms with Crippen LogP contribution in [0.25, 0.3) is 11.1 Å². The molecule has 1 aliphatic carbocycles. The molecule has 1 N–H and O–H groups in total. The van der Waals surface area contributed by atoms with Crippen LogP contribution in [0.5, 0.6) is 0 Å². The molecular weight excluding hydrogens is 284 g/mol. The average Bonchev–Trinajstić information content (AvgIpc) is 3.23. The van der Waals surface area contributed by atoms with Crippen molar-refractivity contribution in [2.24, 2.45) is 0 Å². The third-order valence-electron chi connectivity index (χ3n) is 3.89. The highest BCUT2D eigenvalue weighted by molar-refractivity contribution is 7.98. The lowest BCUT2D eigenvalue weighted by molar-refractivity contribution is 0.556. The zero-order valence-corrected chi connectivity index (χ0v) is 12.4. The fraction of sp³-hybridized carbons (Fsp3) is 0.400. The normalized spacial score (nSPS) is 16.0. The van der Waals surface area contributed by atoms with Crippen molar-refractivity contribution in [2.75, 3.05) is 0 Å². The Morgan fingerprint density at radius 1 is 1.19 bits per heavy atom. The first kappa shape index (κ1) is 12.9. The fourth-order valence-corrected chi connectivity index (χ4v) is 3.46. The van der Waals surface area contributed by atoms with Gasteiger partial charge in [0.15, 0.2) is 5.58 Å². The molecule has 21 heavy (non-hydrogen) atoms. The molecule has 0 aliphatic heterocycles. The first-order valence-corrected chi connectivity index (χ1v) is 8.26. The first-order valence-electron chi connectivity index (χ1n) is 7.28. The van der Waals surface area contributed by atoms with Gasteiger partial charge in [-0.15, -0.1) is 5.10 Å². The zero-order chi connectivity index (χ0) is 14.1. The maximum atomic E-state index is 5.70. The number of nitrogens with one attached hydrogen (secondary N) is 1. The predicted octanol–water partition coefficient (Wildman–Crippen LogP) is 3.90. The molecule has 0 bridgehead atoms. The van der Waals surface area contributed by atoms with Crippen molar-refractivity contribution < 1.29 is 4.42 Å².